The number of benzene rings is 1. The molecular formula is C18H30O2. The molecule has 1 aromatic rings. The molecule has 0 aliphatic carbocycles. The van der Waals surface area contributed by atoms with Gasteiger partial charge in [0.1, 0.15) is 0 Å². The van der Waals surface area contributed by atoms with Crippen LogP contribution in [-0.4, -0.2) is 23.4 Å². The molecule has 2 N–H and O–H groups in total. The molecule has 0 unspecified atom stereocenters. The van der Waals surface area contributed by atoms with Crippen molar-refractivity contribution in [3.63, 3.8) is 0 Å². The first-order valence-electron chi connectivity index (χ1n) is 8.00. The van der Waals surface area contributed by atoms with Crippen LogP contribution in [-0.2, 0) is 12.8 Å². The number of rotatable bonds is 10. The second-order valence-corrected chi connectivity index (χ2v) is 5.70. The largest absolute Gasteiger partial charge is 0.396 e. The predicted molar refractivity (Wildman–Crippen MR) is 85.2 cm³/mol. The SMILES string of the molecule is Cc1c(CCCCCO)ccc(CCCCCO)c1C. The zero-order valence-corrected chi connectivity index (χ0v) is 13.1. The summed E-state index contributed by atoms with van der Waals surface area (Å²) in [6.45, 7) is 5.08. The van der Waals surface area contributed by atoms with Gasteiger partial charge in [-0.25, -0.2) is 0 Å². The standard InChI is InChI=1S/C18H30O2/c1-15-16(2)18(10-6-4-8-14-20)12-11-17(15)9-5-3-7-13-19/h11-12,19-20H,3-10,13-14H2,1-2H3. The van der Waals surface area contributed by atoms with Crippen LogP contribution < -0.4 is 0 Å². The van der Waals surface area contributed by atoms with Gasteiger partial charge >= 0.3 is 0 Å². The Bertz CT molecular complexity index is 348. The minimum Gasteiger partial charge on any atom is -0.396 e. The molecule has 2 heteroatoms. The summed E-state index contributed by atoms with van der Waals surface area (Å²) in [6.07, 6.45) is 8.63. The first-order valence-corrected chi connectivity index (χ1v) is 8.00. The number of aliphatic hydroxyl groups excluding tert-OH is 2. The molecule has 1 rings (SSSR count). The van der Waals surface area contributed by atoms with E-state index in [0.29, 0.717) is 13.2 Å². The summed E-state index contributed by atoms with van der Waals surface area (Å²) < 4.78 is 0. The smallest absolute Gasteiger partial charge is 0.0431 e. The van der Waals surface area contributed by atoms with Crippen LogP contribution in [0.1, 0.15) is 60.8 Å². The van der Waals surface area contributed by atoms with E-state index in [2.05, 4.69) is 26.0 Å². The van der Waals surface area contributed by atoms with E-state index in [1.807, 2.05) is 0 Å². The summed E-state index contributed by atoms with van der Waals surface area (Å²) in [4.78, 5) is 0. The lowest BCUT2D eigenvalue weighted by Gasteiger charge is -2.13. The lowest BCUT2D eigenvalue weighted by molar-refractivity contribution is 0.283. The minimum atomic E-state index is 0.310. The Balaban J connectivity index is 2.52. The fourth-order valence-electron chi connectivity index (χ4n) is 2.68. The molecule has 0 saturated carbocycles. The fraction of sp³-hybridized carbons (Fsp3) is 0.667. The summed E-state index contributed by atoms with van der Waals surface area (Å²) in [5, 5.41) is 17.6. The van der Waals surface area contributed by atoms with E-state index < -0.39 is 0 Å². The van der Waals surface area contributed by atoms with Gasteiger partial charge in [-0.3, -0.25) is 0 Å². The topological polar surface area (TPSA) is 40.5 Å². The van der Waals surface area contributed by atoms with E-state index in [4.69, 9.17) is 10.2 Å². The van der Waals surface area contributed by atoms with Crippen molar-refractivity contribution in [3.8, 4) is 0 Å². The maximum atomic E-state index is 8.80. The van der Waals surface area contributed by atoms with Crippen LogP contribution in [0.4, 0.5) is 0 Å². The number of unbranched alkanes of at least 4 members (excludes halogenated alkanes) is 4. The van der Waals surface area contributed by atoms with Gasteiger partial charge in [-0.2, -0.15) is 0 Å². The molecule has 0 aliphatic heterocycles. The molecule has 0 aromatic heterocycles. The molecule has 0 atom stereocenters. The third-order valence-corrected chi connectivity index (χ3v) is 4.22. The van der Waals surface area contributed by atoms with Crippen LogP contribution in [0, 0.1) is 13.8 Å². The quantitative estimate of drug-likeness (QED) is 0.640. The van der Waals surface area contributed by atoms with Crippen molar-refractivity contribution < 1.29 is 10.2 Å². The van der Waals surface area contributed by atoms with Crippen molar-refractivity contribution in [1.29, 1.82) is 0 Å². The highest BCUT2D eigenvalue weighted by Crippen LogP contribution is 2.21. The van der Waals surface area contributed by atoms with Gasteiger partial charge in [-0.05, 0) is 74.6 Å². The summed E-state index contributed by atoms with van der Waals surface area (Å²) >= 11 is 0. The van der Waals surface area contributed by atoms with Crippen molar-refractivity contribution in [1.82, 2.24) is 0 Å². The lowest BCUT2D eigenvalue weighted by Crippen LogP contribution is -1.99. The van der Waals surface area contributed by atoms with E-state index in [0.717, 1.165) is 51.4 Å². The summed E-state index contributed by atoms with van der Waals surface area (Å²) in [6, 6.07) is 4.56. The second kappa shape index (κ2) is 9.95. The van der Waals surface area contributed by atoms with Crippen LogP contribution in [0.15, 0.2) is 12.1 Å². The van der Waals surface area contributed by atoms with Crippen molar-refractivity contribution in [3.05, 3.63) is 34.4 Å². The average molecular weight is 278 g/mol. The van der Waals surface area contributed by atoms with Crippen molar-refractivity contribution in [2.75, 3.05) is 13.2 Å². The second-order valence-electron chi connectivity index (χ2n) is 5.70. The van der Waals surface area contributed by atoms with Gasteiger partial charge in [0.15, 0.2) is 0 Å². The Kier molecular flexibility index (Phi) is 8.56. The molecule has 0 saturated heterocycles. The van der Waals surface area contributed by atoms with Crippen molar-refractivity contribution in [2.45, 2.75) is 65.2 Å². The Morgan fingerprint density at radius 1 is 0.650 bits per heavy atom. The Hall–Kier alpha value is -0.860. The van der Waals surface area contributed by atoms with Crippen LogP contribution >= 0.6 is 0 Å². The number of hydrogen-bond donors (Lipinski definition) is 2. The summed E-state index contributed by atoms with van der Waals surface area (Å²) in [5.74, 6) is 0. The molecule has 0 radical (unpaired) electrons. The summed E-state index contributed by atoms with van der Waals surface area (Å²) in [5.41, 5.74) is 5.79. The molecule has 0 fully saturated rings. The third-order valence-electron chi connectivity index (χ3n) is 4.22. The van der Waals surface area contributed by atoms with Crippen LogP contribution in [0.3, 0.4) is 0 Å². The zero-order valence-electron chi connectivity index (χ0n) is 13.1. The van der Waals surface area contributed by atoms with Gasteiger partial charge in [0.25, 0.3) is 0 Å². The van der Waals surface area contributed by atoms with Gasteiger partial charge in [-0.1, -0.05) is 25.0 Å². The molecule has 0 spiro atoms. The average Bonchev–Trinajstić information content (AvgIpc) is 2.46. The molecule has 0 heterocycles. The van der Waals surface area contributed by atoms with Crippen molar-refractivity contribution >= 4 is 0 Å². The van der Waals surface area contributed by atoms with Gasteiger partial charge < -0.3 is 10.2 Å². The zero-order chi connectivity index (χ0) is 14.8. The molecule has 20 heavy (non-hydrogen) atoms. The Morgan fingerprint density at radius 3 is 1.40 bits per heavy atom. The highest BCUT2D eigenvalue weighted by Gasteiger charge is 2.06. The molecule has 2 nitrogen and oxygen atoms in total. The summed E-state index contributed by atoms with van der Waals surface area (Å²) in [7, 11) is 0. The number of aliphatic hydroxyl groups is 2. The highest BCUT2D eigenvalue weighted by atomic mass is 16.3. The van der Waals surface area contributed by atoms with Crippen LogP contribution in [0.2, 0.25) is 0 Å². The molecule has 0 amide bonds. The van der Waals surface area contributed by atoms with Gasteiger partial charge in [0.05, 0.1) is 0 Å². The molecule has 0 aliphatic rings. The van der Waals surface area contributed by atoms with Gasteiger partial charge in [-0.15, -0.1) is 0 Å². The van der Waals surface area contributed by atoms with Crippen LogP contribution in [0.5, 0.6) is 0 Å². The Morgan fingerprint density at radius 2 is 1.05 bits per heavy atom. The van der Waals surface area contributed by atoms with E-state index >= 15 is 0 Å². The normalized spacial score (nSPS) is 11.0. The molecule has 1 aromatic carbocycles. The van der Waals surface area contributed by atoms with E-state index in [1.54, 1.807) is 0 Å². The molecule has 114 valence electrons. The number of aryl methyl sites for hydroxylation is 2. The van der Waals surface area contributed by atoms with Gasteiger partial charge in [0.2, 0.25) is 0 Å². The first kappa shape index (κ1) is 17.2. The molecular weight excluding hydrogens is 248 g/mol. The van der Waals surface area contributed by atoms with E-state index in [-0.39, 0.29) is 0 Å². The predicted octanol–water partition coefficient (Wildman–Crippen LogP) is 3.71. The van der Waals surface area contributed by atoms with E-state index in [1.165, 1.54) is 22.3 Å². The third kappa shape index (κ3) is 5.64. The van der Waals surface area contributed by atoms with Crippen LogP contribution in [0.25, 0.3) is 0 Å². The lowest BCUT2D eigenvalue weighted by atomic mass is 9.92. The number of hydrogen-bond acceptors (Lipinski definition) is 2. The highest BCUT2D eigenvalue weighted by molar-refractivity contribution is 5.39. The Labute approximate surface area is 123 Å². The first-order chi connectivity index (χ1) is 9.70. The maximum absolute atomic E-state index is 8.80. The van der Waals surface area contributed by atoms with E-state index in [9.17, 15) is 0 Å². The maximum Gasteiger partial charge on any atom is 0.0431 e. The van der Waals surface area contributed by atoms with Crippen molar-refractivity contribution in [2.24, 2.45) is 0 Å². The van der Waals surface area contributed by atoms with Gasteiger partial charge in [0, 0.05) is 13.2 Å². The fourth-order valence-corrected chi connectivity index (χ4v) is 2.68. The molecule has 0 bridgehead atoms. The minimum absolute atomic E-state index is 0.310. The monoisotopic (exact) mass is 278 g/mol.